The van der Waals surface area contributed by atoms with Crippen LogP contribution < -0.4 is 5.32 Å². The Labute approximate surface area is 151 Å². The summed E-state index contributed by atoms with van der Waals surface area (Å²) < 4.78 is 22.5. The summed E-state index contributed by atoms with van der Waals surface area (Å²) in [5, 5.41) is 11.7. The molecule has 142 valence electrons. The molecule has 1 amide bonds. The van der Waals surface area contributed by atoms with Gasteiger partial charge >= 0.3 is 12.1 Å². The summed E-state index contributed by atoms with van der Waals surface area (Å²) in [6.45, 7) is 3.84. The second-order valence-electron chi connectivity index (χ2n) is 6.82. The molecule has 0 bridgehead atoms. The van der Waals surface area contributed by atoms with Crippen LogP contribution in [-0.4, -0.2) is 53.9 Å². The molecule has 2 unspecified atom stereocenters. The van der Waals surface area contributed by atoms with Crippen molar-refractivity contribution in [2.75, 3.05) is 6.54 Å². The molecule has 2 heterocycles. The van der Waals surface area contributed by atoms with Crippen molar-refractivity contribution in [1.82, 2.24) is 5.32 Å². The van der Waals surface area contributed by atoms with Crippen molar-refractivity contribution < 1.29 is 33.6 Å². The van der Waals surface area contributed by atoms with Crippen LogP contribution in [0.25, 0.3) is 0 Å². The molecule has 2 saturated heterocycles. The quantitative estimate of drug-likeness (QED) is 0.790. The molecule has 0 spiro atoms. The third-order valence-electron chi connectivity index (χ3n) is 4.28. The molecular weight excluding hydrogens is 342 g/mol. The fourth-order valence-electron chi connectivity index (χ4n) is 3.23. The standard InChI is InChI=1S/C18H23NO7/c1-18(2)25-15-12(8-14(20)21)24-13(16(15)26-18)9-19-17(22)23-10-11-6-4-3-5-7-11/h3-7,12-13,15-16H,8-10H2,1-2H3,(H,19,22)(H,20,21)/t12?,13?,15-,16+/m0/s1. The number of carboxylic acids is 1. The number of benzene rings is 1. The van der Waals surface area contributed by atoms with E-state index in [0.29, 0.717) is 0 Å². The Kier molecular flexibility index (Phi) is 5.45. The lowest BCUT2D eigenvalue weighted by molar-refractivity contribution is -0.188. The van der Waals surface area contributed by atoms with Crippen molar-refractivity contribution in [3.8, 4) is 0 Å². The van der Waals surface area contributed by atoms with Crippen molar-refractivity contribution in [1.29, 1.82) is 0 Å². The Morgan fingerprint density at radius 2 is 1.81 bits per heavy atom. The number of nitrogens with one attached hydrogen (secondary N) is 1. The monoisotopic (exact) mass is 365 g/mol. The van der Waals surface area contributed by atoms with Gasteiger partial charge in [-0.05, 0) is 19.4 Å². The molecular formula is C18H23NO7. The predicted octanol–water partition coefficient (Wildman–Crippen LogP) is 1.67. The summed E-state index contributed by atoms with van der Waals surface area (Å²) in [4.78, 5) is 22.9. The van der Waals surface area contributed by atoms with E-state index in [1.807, 2.05) is 30.3 Å². The van der Waals surface area contributed by atoms with Crippen molar-refractivity contribution >= 4 is 12.1 Å². The van der Waals surface area contributed by atoms with Gasteiger partial charge in [0.05, 0.1) is 12.5 Å². The molecule has 2 aliphatic rings. The molecule has 0 saturated carbocycles. The number of carbonyl (C=O) groups excluding carboxylic acids is 1. The smallest absolute Gasteiger partial charge is 0.407 e. The highest BCUT2D eigenvalue weighted by atomic mass is 16.8. The number of ether oxygens (including phenoxy) is 4. The lowest BCUT2D eigenvalue weighted by Crippen LogP contribution is -2.40. The van der Waals surface area contributed by atoms with E-state index in [1.165, 1.54) is 0 Å². The molecule has 0 aromatic heterocycles. The van der Waals surface area contributed by atoms with Crippen molar-refractivity contribution in [2.45, 2.75) is 57.1 Å². The second kappa shape index (κ2) is 7.61. The van der Waals surface area contributed by atoms with E-state index in [2.05, 4.69) is 5.32 Å². The predicted molar refractivity (Wildman–Crippen MR) is 89.4 cm³/mol. The van der Waals surface area contributed by atoms with Crippen LogP contribution in [0.1, 0.15) is 25.8 Å². The van der Waals surface area contributed by atoms with E-state index in [1.54, 1.807) is 13.8 Å². The maximum absolute atomic E-state index is 11.9. The largest absolute Gasteiger partial charge is 0.481 e. The zero-order chi connectivity index (χ0) is 18.7. The topological polar surface area (TPSA) is 103 Å². The molecule has 8 heteroatoms. The van der Waals surface area contributed by atoms with Gasteiger partial charge in [0.15, 0.2) is 5.79 Å². The number of carboxylic acid groups (broad SMARTS) is 1. The number of hydrogen-bond donors (Lipinski definition) is 2. The Morgan fingerprint density at radius 3 is 2.46 bits per heavy atom. The lowest BCUT2D eigenvalue weighted by atomic mass is 10.1. The van der Waals surface area contributed by atoms with Crippen LogP contribution in [0.2, 0.25) is 0 Å². The van der Waals surface area contributed by atoms with Gasteiger partial charge in [-0.3, -0.25) is 4.79 Å². The molecule has 4 atom stereocenters. The molecule has 3 rings (SSSR count). The normalized spacial score (nSPS) is 29.2. The summed E-state index contributed by atoms with van der Waals surface area (Å²) in [7, 11) is 0. The molecule has 2 fully saturated rings. The van der Waals surface area contributed by atoms with Crippen LogP contribution in [0.3, 0.4) is 0 Å². The van der Waals surface area contributed by atoms with E-state index < -0.39 is 42.3 Å². The van der Waals surface area contributed by atoms with Crippen molar-refractivity contribution in [3.63, 3.8) is 0 Å². The number of rotatable bonds is 6. The van der Waals surface area contributed by atoms with Gasteiger partial charge in [0.25, 0.3) is 0 Å². The van der Waals surface area contributed by atoms with Gasteiger partial charge in [-0.1, -0.05) is 30.3 Å². The van der Waals surface area contributed by atoms with Crippen molar-refractivity contribution in [3.05, 3.63) is 35.9 Å². The SMILES string of the molecule is CC1(C)O[C@@H]2C(CNC(=O)OCc3ccccc3)OC(CC(=O)O)[C@@H]2O1. The Bertz CT molecular complexity index is 648. The zero-order valence-electron chi connectivity index (χ0n) is 14.7. The van der Waals surface area contributed by atoms with Gasteiger partial charge in [-0.15, -0.1) is 0 Å². The molecule has 2 N–H and O–H groups in total. The molecule has 0 radical (unpaired) electrons. The van der Waals surface area contributed by atoms with Gasteiger partial charge in [-0.25, -0.2) is 4.79 Å². The molecule has 1 aromatic carbocycles. The Balaban J connectivity index is 1.52. The minimum absolute atomic E-state index is 0.143. The van der Waals surface area contributed by atoms with E-state index in [0.717, 1.165) is 5.56 Å². The summed E-state index contributed by atoms with van der Waals surface area (Å²) in [5.41, 5.74) is 0.885. The zero-order valence-corrected chi connectivity index (χ0v) is 14.7. The van der Waals surface area contributed by atoms with E-state index >= 15 is 0 Å². The number of fused-ring (bicyclic) bond motifs is 1. The van der Waals surface area contributed by atoms with Crippen LogP contribution in [0.5, 0.6) is 0 Å². The van der Waals surface area contributed by atoms with Crippen LogP contribution in [0.15, 0.2) is 30.3 Å². The van der Waals surface area contributed by atoms with Gasteiger partial charge in [-0.2, -0.15) is 0 Å². The number of alkyl carbamates (subject to hydrolysis) is 1. The van der Waals surface area contributed by atoms with Gasteiger partial charge < -0.3 is 29.4 Å². The summed E-state index contributed by atoms with van der Waals surface area (Å²) in [5.74, 6) is -1.79. The summed E-state index contributed by atoms with van der Waals surface area (Å²) >= 11 is 0. The maximum atomic E-state index is 11.9. The molecule has 0 aliphatic carbocycles. The number of aliphatic carboxylic acids is 1. The molecule has 8 nitrogen and oxygen atoms in total. The highest BCUT2D eigenvalue weighted by Gasteiger charge is 2.55. The third kappa shape index (κ3) is 4.51. The Morgan fingerprint density at radius 1 is 1.15 bits per heavy atom. The van der Waals surface area contributed by atoms with Gasteiger partial charge in [0.1, 0.15) is 24.9 Å². The fraction of sp³-hybridized carbons (Fsp3) is 0.556. The maximum Gasteiger partial charge on any atom is 0.407 e. The average Bonchev–Trinajstić information content (AvgIpc) is 3.05. The fourth-order valence-corrected chi connectivity index (χ4v) is 3.23. The first-order valence-corrected chi connectivity index (χ1v) is 8.51. The van der Waals surface area contributed by atoms with Crippen LogP contribution in [-0.2, 0) is 30.3 Å². The van der Waals surface area contributed by atoms with Crippen molar-refractivity contribution in [2.24, 2.45) is 0 Å². The Hall–Kier alpha value is -2.16. The third-order valence-corrected chi connectivity index (χ3v) is 4.28. The van der Waals surface area contributed by atoms with Crippen LogP contribution in [0, 0.1) is 0 Å². The molecule has 2 aliphatic heterocycles. The van der Waals surface area contributed by atoms with E-state index in [4.69, 9.17) is 24.1 Å². The summed E-state index contributed by atoms with van der Waals surface area (Å²) in [6, 6.07) is 9.34. The first kappa shape index (κ1) is 18.6. The summed E-state index contributed by atoms with van der Waals surface area (Å²) in [6.07, 6.45) is -2.80. The molecule has 26 heavy (non-hydrogen) atoms. The second-order valence-corrected chi connectivity index (χ2v) is 6.82. The number of amides is 1. The highest BCUT2D eigenvalue weighted by Crippen LogP contribution is 2.39. The highest BCUT2D eigenvalue weighted by molar-refractivity contribution is 5.68. The van der Waals surface area contributed by atoms with Crippen LogP contribution in [0.4, 0.5) is 4.79 Å². The molecule has 1 aromatic rings. The minimum atomic E-state index is -0.974. The average molecular weight is 365 g/mol. The van der Waals surface area contributed by atoms with E-state index in [-0.39, 0.29) is 19.6 Å². The lowest BCUT2D eigenvalue weighted by Gasteiger charge is -2.23. The number of carbonyl (C=O) groups is 2. The number of hydrogen-bond acceptors (Lipinski definition) is 6. The first-order valence-electron chi connectivity index (χ1n) is 8.51. The van der Waals surface area contributed by atoms with Gasteiger partial charge in [0, 0.05) is 6.54 Å². The van der Waals surface area contributed by atoms with E-state index in [9.17, 15) is 9.59 Å². The van der Waals surface area contributed by atoms with Crippen LogP contribution >= 0.6 is 0 Å². The first-order chi connectivity index (χ1) is 12.3. The minimum Gasteiger partial charge on any atom is -0.481 e. The van der Waals surface area contributed by atoms with Gasteiger partial charge in [0.2, 0.25) is 0 Å².